The van der Waals surface area contributed by atoms with Gasteiger partial charge in [0.25, 0.3) is 0 Å². The maximum absolute atomic E-state index is 9.12. The second-order valence-electron chi connectivity index (χ2n) is 2.98. The fraction of sp³-hybridized carbons (Fsp3) is 0.750. The molecule has 1 aliphatic carbocycles. The third-order valence-electron chi connectivity index (χ3n) is 2.19. The first kappa shape index (κ1) is 7.76. The molecule has 0 aromatic heterocycles. The van der Waals surface area contributed by atoms with Crippen LogP contribution in [0.25, 0.3) is 0 Å². The lowest BCUT2D eigenvalue weighted by molar-refractivity contribution is 0.178. The minimum atomic E-state index is -0.159. The summed E-state index contributed by atoms with van der Waals surface area (Å²) in [5.74, 6) is 0.361. The molecule has 0 radical (unpaired) electrons. The van der Waals surface area contributed by atoms with E-state index >= 15 is 0 Å². The first-order chi connectivity index (χ1) is 4.74. The SMILES string of the molecule is C=C(CO)[C@@H]1CC[C@H](O)C1. The van der Waals surface area contributed by atoms with Gasteiger partial charge in [-0.2, -0.15) is 0 Å². The zero-order chi connectivity index (χ0) is 7.56. The molecular weight excluding hydrogens is 128 g/mol. The molecule has 2 heteroatoms. The second-order valence-corrected chi connectivity index (χ2v) is 2.98. The molecule has 0 aliphatic heterocycles. The Kier molecular flexibility index (Phi) is 2.46. The molecule has 2 nitrogen and oxygen atoms in total. The Balaban J connectivity index is 2.37. The summed E-state index contributed by atoms with van der Waals surface area (Å²) in [7, 11) is 0. The molecule has 1 rings (SSSR count). The molecule has 0 aromatic rings. The van der Waals surface area contributed by atoms with Crippen molar-refractivity contribution in [3.63, 3.8) is 0 Å². The number of aliphatic hydroxyl groups is 2. The Morgan fingerprint density at radius 1 is 1.50 bits per heavy atom. The van der Waals surface area contributed by atoms with Crippen molar-refractivity contribution < 1.29 is 10.2 Å². The van der Waals surface area contributed by atoms with Crippen molar-refractivity contribution in [3.8, 4) is 0 Å². The number of rotatable bonds is 2. The van der Waals surface area contributed by atoms with Gasteiger partial charge in [0, 0.05) is 0 Å². The molecule has 0 unspecified atom stereocenters. The van der Waals surface area contributed by atoms with Gasteiger partial charge in [-0.25, -0.2) is 0 Å². The maximum atomic E-state index is 9.12. The second kappa shape index (κ2) is 3.17. The minimum Gasteiger partial charge on any atom is -0.393 e. The molecular formula is C8H14O2. The van der Waals surface area contributed by atoms with Gasteiger partial charge in [0.15, 0.2) is 0 Å². The van der Waals surface area contributed by atoms with Crippen molar-refractivity contribution in [2.24, 2.45) is 5.92 Å². The highest BCUT2D eigenvalue weighted by Gasteiger charge is 2.23. The molecule has 1 fully saturated rings. The van der Waals surface area contributed by atoms with E-state index in [0.29, 0.717) is 5.92 Å². The van der Waals surface area contributed by atoms with Crippen LogP contribution in [-0.4, -0.2) is 22.9 Å². The van der Waals surface area contributed by atoms with E-state index < -0.39 is 0 Å². The highest BCUT2D eigenvalue weighted by molar-refractivity contribution is 5.03. The average Bonchev–Trinajstić information content (AvgIpc) is 2.34. The van der Waals surface area contributed by atoms with Crippen LogP contribution >= 0.6 is 0 Å². The van der Waals surface area contributed by atoms with E-state index in [4.69, 9.17) is 10.2 Å². The van der Waals surface area contributed by atoms with E-state index in [1.807, 2.05) is 0 Å². The fourth-order valence-corrected chi connectivity index (χ4v) is 1.46. The van der Waals surface area contributed by atoms with Gasteiger partial charge in [0.05, 0.1) is 12.7 Å². The van der Waals surface area contributed by atoms with E-state index in [-0.39, 0.29) is 12.7 Å². The quantitative estimate of drug-likeness (QED) is 0.557. The molecule has 1 aliphatic rings. The molecule has 0 amide bonds. The highest BCUT2D eigenvalue weighted by atomic mass is 16.3. The van der Waals surface area contributed by atoms with Crippen LogP contribution in [0.15, 0.2) is 12.2 Å². The summed E-state index contributed by atoms with van der Waals surface area (Å²) in [4.78, 5) is 0. The van der Waals surface area contributed by atoms with Crippen molar-refractivity contribution in [1.29, 1.82) is 0 Å². The molecule has 1 saturated carbocycles. The Morgan fingerprint density at radius 2 is 2.20 bits per heavy atom. The molecule has 2 atom stereocenters. The third kappa shape index (κ3) is 1.58. The minimum absolute atomic E-state index is 0.0669. The highest BCUT2D eigenvalue weighted by Crippen LogP contribution is 2.29. The largest absolute Gasteiger partial charge is 0.393 e. The molecule has 2 N–H and O–H groups in total. The van der Waals surface area contributed by atoms with E-state index in [2.05, 4.69) is 6.58 Å². The van der Waals surface area contributed by atoms with Gasteiger partial charge in [-0.05, 0) is 30.8 Å². The summed E-state index contributed by atoms with van der Waals surface area (Å²) in [5.41, 5.74) is 0.872. The van der Waals surface area contributed by atoms with Gasteiger partial charge in [0.1, 0.15) is 0 Å². The first-order valence-electron chi connectivity index (χ1n) is 3.70. The zero-order valence-electron chi connectivity index (χ0n) is 6.08. The van der Waals surface area contributed by atoms with E-state index in [9.17, 15) is 0 Å². The summed E-state index contributed by atoms with van der Waals surface area (Å²) in [6.07, 6.45) is 2.48. The van der Waals surface area contributed by atoms with E-state index in [1.165, 1.54) is 0 Å². The van der Waals surface area contributed by atoms with Crippen LogP contribution in [0.4, 0.5) is 0 Å². The lowest BCUT2D eigenvalue weighted by Crippen LogP contribution is -2.04. The van der Waals surface area contributed by atoms with Gasteiger partial charge in [-0.15, -0.1) is 0 Å². The van der Waals surface area contributed by atoms with E-state index in [1.54, 1.807) is 0 Å². The number of hydrogen-bond donors (Lipinski definition) is 2. The fourth-order valence-electron chi connectivity index (χ4n) is 1.46. The standard InChI is InChI=1S/C8H14O2/c1-6(5-9)7-2-3-8(10)4-7/h7-10H,1-5H2/t7-,8+/m1/s1. The predicted octanol–water partition coefficient (Wildman–Crippen LogP) is 0.696. The summed E-state index contributed by atoms with van der Waals surface area (Å²) >= 11 is 0. The molecule has 0 spiro atoms. The first-order valence-corrected chi connectivity index (χ1v) is 3.70. The Bertz CT molecular complexity index is 131. The normalized spacial score (nSPS) is 32.6. The predicted molar refractivity (Wildman–Crippen MR) is 39.6 cm³/mol. The molecule has 0 aromatic carbocycles. The van der Waals surface area contributed by atoms with Crippen LogP contribution in [0.5, 0.6) is 0 Å². The molecule has 0 heterocycles. The third-order valence-corrected chi connectivity index (χ3v) is 2.19. The zero-order valence-corrected chi connectivity index (χ0v) is 6.08. The maximum Gasteiger partial charge on any atom is 0.0641 e. The Morgan fingerprint density at radius 3 is 2.60 bits per heavy atom. The molecule has 10 heavy (non-hydrogen) atoms. The average molecular weight is 142 g/mol. The van der Waals surface area contributed by atoms with Crippen LogP contribution in [0.3, 0.4) is 0 Å². The topological polar surface area (TPSA) is 40.5 Å². The van der Waals surface area contributed by atoms with Gasteiger partial charge in [-0.1, -0.05) is 6.58 Å². The number of hydrogen-bond acceptors (Lipinski definition) is 2. The summed E-state index contributed by atoms with van der Waals surface area (Å²) in [6, 6.07) is 0. The van der Waals surface area contributed by atoms with Gasteiger partial charge < -0.3 is 10.2 Å². The lowest BCUT2D eigenvalue weighted by atomic mass is 10.00. The molecule has 0 bridgehead atoms. The Labute approximate surface area is 61.2 Å². The van der Waals surface area contributed by atoms with Crippen LogP contribution < -0.4 is 0 Å². The lowest BCUT2D eigenvalue weighted by Gasteiger charge is -2.08. The summed E-state index contributed by atoms with van der Waals surface area (Å²) in [5, 5.41) is 17.8. The van der Waals surface area contributed by atoms with Gasteiger partial charge in [0.2, 0.25) is 0 Å². The van der Waals surface area contributed by atoms with Crippen molar-refractivity contribution in [1.82, 2.24) is 0 Å². The smallest absolute Gasteiger partial charge is 0.0641 e. The van der Waals surface area contributed by atoms with Crippen molar-refractivity contribution in [3.05, 3.63) is 12.2 Å². The monoisotopic (exact) mass is 142 g/mol. The Hall–Kier alpha value is -0.340. The molecule has 58 valence electrons. The summed E-state index contributed by atoms with van der Waals surface area (Å²) < 4.78 is 0. The van der Waals surface area contributed by atoms with Gasteiger partial charge in [-0.3, -0.25) is 0 Å². The van der Waals surface area contributed by atoms with Crippen LogP contribution in [0.1, 0.15) is 19.3 Å². The van der Waals surface area contributed by atoms with Gasteiger partial charge >= 0.3 is 0 Å². The van der Waals surface area contributed by atoms with E-state index in [0.717, 1.165) is 24.8 Å². The number of aliphatic hydroxyl groups excluding tert-OH is 2. The molecule has 0 saturated heterocycles. The van der Waals surface area contributed by atoms with Crippen LogP contribution in [-0.2, 0) is 0 Å². The van der Waals surface area contributed by atoms with Crippen LogP contribution in [0.2, 0.25) is 0 Å². The van der Waals surface area contributed by atoms with Crippen molar-refractivity contribution >= 4 is 0 Å². The van der Waals surface area contributed by atoms with Crippen molar-refractivity contribution in [2.75, 3.05) is 6.61 Å². The van der Waals surface area contributed by atoms with Crippen LogP contribution in [0, 0.1) is 5.92 Å². The van der Waals surface area contributed by atoms with Crippen molar-refractivity contribution in [2.45, 2.75) is 25.4 Å². The summed E-state index contributed by atoms with van der Waals surface area (Å²) in [6.45, 7) is 3.80.